The van der Waals surface area contributed by atoms with E-state index in [4.69, 9.17) is 4.74 Å². The molecule has 2 rings (SSSR count). The standard InChI is InChI=1S/C18H19NO3S/c1-12(18(21)14-4-8-16(22-3)9-5-14)23-17-10-6-15(7-11-17)19-13(2)20/h4-12H,1-3H3,(H,19,20)/t12-/m0/s1. The number of amides is 1. The fourth-order valence-electron chi connectivity index (χ4n) is 2.07. The third-order valence-electron chi connectivity index (χ3n) is 3.23. The molecule has 0 aliphatic heterocycles. The maximum atomic E-state index is 12.4. The number of benzene rings is 2. The molecule has 0 unspecified atom stereocenters. The zero-order valence-electron chi connectivity index (χ0n) is 13.3. The van der Waals surface area contributed by atoms with Crippen LogP contribution in [0.15, 0.2) is 53.4 Å². The summed E-state index contributed by atoms with van der Waals surface area (Å²) in [6, 6.07) is 14.6. The van der Waals surface area contributed by atoms with Crippen molar-refractivity contribution >= 4 is 29.1 Å². The van der Waals surface area contributed by atoms with Crippen molar-refractivity contribution in [2.24, 2.45) is 0 Å². The molecule has 0 heterocycles. The van der Waals surface area contributed by atoms with Gasteiger partial charge in [-0.05, 0) is 55.5 Å². The molecule has 0 radical (unpaired) electrons. The van der Waals surface area contributed by atoms with Crippen molar-refractivity contribution in [3.63, 3.8) is 0 Å². The summed E-state index contributed by atoms with van der Waals surface area (Å²) in [5.74, 6) is 0.701. The van der Waals surface area contributed by atoms with Crippen molar-refractivity contribution < 1.29 is 14.3 Å². The summed E-state index contributed by atoms with van der Waals surface area (Å²) in [4.78, 5) is 24.4. The van der Waals surface area contributed by atoms with Crippen LogP contribution in [-0.4, -0.2) is 24.1 Å². The Hall–Kier alpha value is -2.27. The van der Waals surface area contributed by atoms with E-state index in [0.29, 0.717) is 5.56 Å². The normalized spacial score (nSPS) is 11.6. The van der Waals surface area contributed by atoms with E-state index in [9.17, 15) is 9.59 Å². The SMILES string of the molecule is COc1ccc(C(=O)[C@H](C)Sc2ccc(NC(C)=O)cc2)cc1. The smallest absolute Gasteiger partial charge is 0.221 e. The molecule has 0 aliphatic rings. The van der Waals surface area contributed by atoms with E-state index in [1.807, 2.05) is 31.2 Å². The highest BCUT2D eigenvalue weighted by Gasteiger charge is 2.16. The number of ether oxygens (including phenoxy) is 1. The van der Waals surface area contributed by atoms with Crippen molar-refractivity contribution in [2.45, 2.75) is 24.0 Å². The first-order chi connectivity index (χ1) is 11.0. The molecule has 0 fully saturated rings. The number of ketones is 1. The van der Waals surface area contributed by atoms with Crippen LogP contribution in [0.25, 0.3) is 0 Å². The van der Waals surface area contributed by atoms with E-state index in [0.717, 1.165) is 16.3 Å². The highest BCUT2D eigenvalue weighted by Crippen LogP contribution is 2.27. The van der Waals surface area contributed by atoms with Crippen molar-refractivity contribution in [3.8, 4) is 5.75 Å². The minimum Gasteiger partial charge on any atom is -0.497 e. The molecule has 1 amide bonds. The maximum Gasteiger partial charge on any atom is 0.221 e. The molecule has 0 spiro atoms. The lowest BCUT2D eigenvalue weighted by Crippen LogP contribution is -2.13. The molecule has 4 nitrogen and oxygen atoms in total. The van der Waals surface area contributed by atoms with Crippen LogP contribution in [0.5, 0.6) is 5.75 Å². The number of carbonyl (C=O) groups is 2. The topological polar surface area (TPSA) is 55.4 Å². The van der Waals surface area contributed by atoms with Gasteiger partial charge in [0.15, 0.2) is 5.78 Å². The number of anilines is 1. The molecule has 0 bridgehead atoms. The van der Waals surface area contributed by atoms with Gasteiger partial charge in [-0.1, -0.05) is 0 Å². The first-order valence-electron chi connectivity index (χ1n) is 7.22. The Kier molecular flexibility index (Phi) is 5.82. The first kappa shape index (κ1) is 17.1. The predicted octanol–water partition coefficient (Wildman–Crippen LogP) is 4.02. The second kappa shape index (κ2) is 7.83. The van der Waals surface area contributed by atoms with Crippen molar-refractivity contribution in [1.29, 1.82) is 0 Å². The number of hydrogen-bond donors (Lipinski definition) is 1. The maximum absolute atomic E-state index is 12.4. The lowest BCUT2D eigenvalue weighted by molar-refractivity contribution is -0.114. The van der Waals surface area contributed by atoms with Crippen LogP contribution in [0.4, 0.5) is 5.69 Å². The molecule has 0 aromatic heterocycles. The molecule has 23 heavy (non-hydrogen) atoms. The van der Waals surface area contributed by atoms with E-state index in [2.05, 4.69) is 5.32 Å². The van der Waals surface area contributed by atoms with Gasteiger partial charge in [-0.15, -0.1) is 11.8 Å². The van der Waals surface area contributed by atoms with Crippen LogP contribution in [0.3, 0.4) is 0 Å². The average molecular weight is 329 g/mol. The number of methoxy groups -OCH3 is 1. The molecule has 5 heteroatoms. The number of thioether (sulfide) groups is 1. The molecule has 0 saturated carbocycles. The Morgan fingerprint density at radius 1 is 1.04 bits per heavy atom. The van der Waals surface area contributed by atoms with Crippen molar-refractivity contribution in [3.05, 3.63) is 54.1 Å². The number of nitrogens with one attached hydrogen (secondary N) is 1. The highest BCUT2D eigenvalue weighted by molar-refractivity contribution is 8.00. The third-order valence-corrected chi connectivity index (χ3v) is 4.34. The summed E-state index contributed by atoms with van der Waals surface area (Å²) >= 11 is 1.49. The van der Waals surface area contributed by atoms with Crippen molar-refractivity contribution in [1.82, 2.24) is 0 Å². The highest BCUT2D eigenvalue weighted by atomic mass is 32.2. The molecule has 2 aromatic rings. The van der Waals surface area contributed by atoms with Gasteiger partial charge in [0.1, 0.15) is 5.75 Å². The van der Waals surface area contributed by atoms with Gasteiger partial charge >= 0.3 is 0 Å². The van der Waals surface area contributed by atoms with Gasteiger partial charge in [0.2, 0.25) is 5.91 Å². The molecule has 0 saturated heterocycles. The molecule has 120 valence electrons. The minimum absolute atomic E-state index is 0.0728. The Morgan fingerprint density at radius 2 is 1.65 bits per heavy atom. The Balaban J connectivity index is 2.01. The van der Waals surface area contributed by atoms with Gasteiger partial charge in [0.25, 0.3) is 0 Å². The average Bonchev–Trinajstić information content (AvgIpc) is 2.55. The molecular formula is C18H19NO3S. The van der Waals surface area contributed by atoms with E-state index in [1.165, 1.54) is 18.7 Å². The number of rotatable bonds is 6. The monoisotopic (exact) mass is 329 g/mol. The lowest BCUT2D eigenvalue weighted by Gasteiger charge is -2.11. The largest absolute Gasteiger partial charge is 0.497 e. The summed E-state index contributed by atoms with van der Waals surface area (Å²) in [5.41, 5.74) is 1.41. The van der Waals surface area contributed by atoms with Gasteiger partial charge in [0, 0.05) is 23.1 Å². The molecule has 2 aromatic carbocycles. The van der Waals surface area contributed by atoms with Gasteiger partial charge < -0.3 is 10.1 Å². The minimum atomic E-state index is -0.199. The third kappa shape index (κ3) is 4.86. The predicted molar refractivity (Wildman–Crippen MR) is 93.4 cm³/mol. The summed E-state index contributed by atoms with van der Waals surface area (Å²) in [6.45, 7) is 3.36. The zero-order chi connectivity index (χ0) is 16.8. The van der Waals surface area contributed by atoms with Crippen LogP contribution in [0.2, 0.25) is 0 Å². The van der Waals surface area contributed by atoms with Crippen LogP contribution < -0.4 is 10.1 Å². The fraction of sp³-hybridized carbons (Fsp3) is 0.222. The summed E-state index contributed by atoms with van der Waals surface area (Å²) < 4.78 is 5.10. The van der Waals surface area contributed by atoms with Gasteiger partial charge in [0.05, 0.1) is 12.4 Å². The van der Waals surface area contributed by atoms with E-state index in [1.54, 1.807) is 31.4 Å². The van der Waals surface area contributed by atoms with Crippen LogP contribution in [0.1, 0.15) is 24.2 Å². The second-order valence-electron chi connectivity index (χ2n) is 5.06. The van der Waals surface area contributed by atoms with Crippen molar-refractivity contribution in [2.75, 3.05) is 12.4 Å². The molecular weight excluding hydrogens is 310 g/mol. The Labute approximate surface area is 140 Å². The first-order valence-corrected chi connectivity index (χ1v) is 8.10. The number of carbonyl (C=O) groups excluding carboxylic acids is 2. The van der Waals surface area contributed by atoms with E-state index in [-0.39, 0.29) is 16.9 Å². The van der Waals surface area contributed by atoms with E-state index >= 15 is 0 Å². The molecule has 0 aliphatic carbocycles. The van der Waals surface area contributed by atoms with Gasteiger partial charge in [-0.2, -0.15) is 0 Å². The zero-order valence-corrected chi connectivity index (χ0v) is 14.1. The van der Waals surface area contributed by atoms with Crippen LogP contribution in [-0.2, 0) is 4.79 Å². The summed E-state index contributed by atoms with van der Waals surface area (Å²) in [5, 5.41) is 2.52. The summed E-state index contributed by atoms with van der Waals surface area (Å²) in [6.07, 6.45) is 0. The molecule has 1 atom stereocenters. The summed E-state index contributed by atoms with van der Waals surface area (Å²) in [7, 11) is 1.60. The van der Waals surface area contributed by atoms with Gasteiger partial charge in [-0.3, -0.25) is 9.59 Å². The van der Waals surface area contributed by atoms with Gasteiger partial charge in [-0.25, -0.2) is 0 Å². The molecule has 1 N–H and O–H groups in total. The Bertz CT molecular complexity index is 680. The fourth-order valence-corrected chi connectivity index (χ4v) is 3.01. The van der Waals surface area contributed by atoms with E-state index < -0.39 is 0 Å². The lowest BCUT2D eigenvalue weighted by atomic mass is 10.1. The Morgan fingerprint density at radius 3 is 2.17 bits per heavy atom. The second-order valence-corrected chi connectivity index (χ2v) is 6.47. The quantitative estimate of drug-likeness (QED) is 0.642. The number of hydrogen-bond acceptors (Lipinski definition) is 4. The van der Waals surface area contributed by atoms with Crippen LogP contribution in [0, 0.1) is 0 Å². The number of Topliss-reactive ketones (excluding diaryl/α,β-unsaturated/α-hetero) is 1. The van der Waals surface area contributed by atoms with Crippen LogP contribution >= 0.6 is 11.8 Å².